The van der Waals surface area contributed by atoms with Gasteiger partial charge in [0.05, 0.1) is 17.7 Å². The molecule has 0 radical (unpaired) electrons. The maximum Gasteiger partial charge on any atom is 0.290 e. The van der Waals surface area contributed by atoms with Gasteiger partial charge in [-0.15, -0.1) is 0 Å². The predicted octanol–water partition coefficient (Wildman–Crippen LogP) is 2.19. The molecule has 0 aliphatic carbocycles. The van der Waals surface area contributed by atoms with Crippen molar-refractivity contribution in [3.63, 3.8) is 0 Å². The summed E-state index contributed by atoms with van der Waals surface area (Å²) in [7, 11) is 1.30. The third-order valence-corrected chi connectivity index (χ3v) is 4.74. The van der Waals surface area contributed by atoms with Crippen molar-refractivity contribution in [1.29, 1.82) is 0 Å². The molecule has 0 aliphatic heterocycles. The molecule has 29 heavy (non-hydrogen) atoms. The molecule has 3 rings (SSSR count). The van der Waals surface area contributed by atoms with E-state index in [1.165, 1.54) is 42.0 Å². The van der Waals surface area contributed by atoms with Crippen LogP contribution in [-0.2, 0) is 13.6 Å². The average Bonchev–Trinajstić information content (AvgIpc) is 2.70. The lowest BCUT2D eigenvalue weighted by molar-refractivity contribution is 0.279. The maximum atomic E-state index is 14.8. The Labute approximate surface area is 168 Å². The van der Waals surface area contributed by atoms with Crippen LogP contribution in [0, 0.1) is 11.6 Å². The van der Waals surface area contributed by atoms with Gasteiger partial charge in [-0.25, -0.2) is 9.37 Å². The van der Waals surface area contributed by atoms with Gasteiger partial charge in [-0.3, -0.25) is 18.7 Å². The summed E-state index contributed by atoms with van der Waals surface area (Å²) in [6.07, 6.45) is 3.30. The summed E-state index contributed by atoms with van der Waals surface area (Å²) in [5.41, 5.74) is -1.69. The molecule has 3 N–H and O–H groups in total. The highest BCUT2D eigenvalue weighted by molar-refractivity contribution is 7.99. The minimum Gasteiger partial charge on any atom is -0.396 e. The first-order valence-corrected chi connectivity index (χ1v) is 9.85. The Morgan fingerprint density at radius 1 is 1.24 bits per heavy atom. The summed E-state index contributed by atoms with van der Waals surface area (Å²) in [4.78, 5) is 29.2. The molecule has 0 fully saturated rings. The molecule has 0 saturated heterocycles. The van der Waals surface area contributed by atoms with Gasteiger partial charge in [-0.2, -0.15) is 4.39 Å². The van der Waals surface area contributed by atoms with Crippen LogP contribution < -0.4 is 21.2 Å². The number of halogens is 2. The molecule has 2 aromatic heterocycles. The van der Waals surface area contributed by atoms with Gasteiger partial charge in [0.2, 0.25) is 5.82 Å². The van der Waals surface area contributed by atoms with Crippen LogP contribution in [0.15, 0.2) is 34.1 Å². The van der Waals surface area contributed by atoms with Crippen molar-refractivity contribution in [3.05, 3.63) is 56.9 Å². The standard InChI is InChI=1S/C18H19F2N5O3S/c1-24-16-13(17(27)25(9-21-16)6-3-7-26)15(14(20)18(24)28)22-12-5-4-10(23-29-2)8-11(12)19/h4-5,8-9,22-23,26H,3,6-7H2,1-2H3. The van der Waals surface area contributed by atoms with Gasteiger partial charge in [-0.05, 0) is 24.6 Å². The van der Waals surface area contributed by atoms with Crippen molar-refractivity contribution >= 4 is 40.0 Å². The van der Waals surface area contributed by atoms with E-state index in [0.29, 0.717) is 12.1 Å². The second-order valence-corrected chi connectivity index (χ2v) is 6.81. The lowest BCUT2D eigenvalue weighted by atomic mass is 10.2. The van der Waals surface area contributed by atoms with Crippen molar-refractivity contribution in [2.45, 2.75) is 13.0 Å². The van der Waals surface area contributed by atoms with E-state index in [-0.39, 0.29) is 29.9 Å². The number of pyridine rings is 1. The third-order valence-electron chi connectivity index (χ3n) is 4.30. The van der Waals surface area contributed by atoms with Crippen LogP contribution in [0.3, 0.4) is 0 Å². The Morgan fingerprint density at radius 3 is 2.66 bits per heavy atom. The Balaban J connectivity index is 2.20. The van der Waals surface area contributed by atoms with Crippen LogP contribution >= 0.6 is 11.9 Å². The number of hydrogen-bond acceptors (Lipinski definition) is 7. The lowest BCUT2D eigenvalue weighted by Gasteiger charge is -2.15. The van der Waals surface area contributed by atoms with Crippen molar-refractivity contribution in [3.8, 4) is 0 Å². The second kappa shape index (κ2) is 8.62. The average molecular weight is 423 g/mol. The molecule has 3 aromatic rings. The quantitative estimate of drug-likeness (QED) is 0.501. The fourth-order valence-electron chi connectivity index (χ4n) is 2.86. The summed E-state index contributed by atoms with van der Waals surface area (Å²) in [5, 5.41) is 11.4. The van der Waals surface area contributed by atoms with Crippen LogP contribution in [-0.4, -0.2) is 32.1 Å². The number of benzene rings is 1. The highest BCUT2D eigenvalue weighted by atomic mass is 32.2. The number of aliphatic hydroxyl groups is 1. The molecule has 0 amide bonds. The number of nitrogens with zero attached hydrogens (tertiary/aromatic N) is 3. The molecule has 0 unspecified atom stereocenters. The number of aromatic nitrogens is 3. The van der Waals surface area contributed by atoms with Gasteiger partial charge in [-0.1, -0.05) is 11.9 Å². The van der Waals surface area contributed by atoms with E-state index in [9.17, 15) is 18.4 Å². The molecule has 0 spiro atoms. The zero-order chi connectivity index (χ0) is 21.1. The summed E-state index contributed by atoms with van der Waals surface area (Å²) >= 11 is 1.28. The Kier molecular flexibility index (Phi) is 6.18. The van der Waals surface area contributed by atoms with E-state index in [2.05, 4.69) is 15.0 Å². The summed E-state index contributed by atoms with van der Waals surface area (Å²) in [6, 6.07) is 4.15. The SMILES string of the molecule is CSNc1ccc(Nc2c(F)c(=O)n(C)c3ncn(CCCO)c(=O)c23)c(F)c1. The molecule has 0 bridgehead atoms. The Bertz CT molecular complexity index is 1180. The normalized spacial score (nSPS) is 11.1. The molecule has 0 aliphatic rings. The summed E-state index contributed by atoms with van der Waals surface area (Å²) < 4.78 is 34.3. The topological polar surface area (TPSA) is 101 Å². The largest absolute Gasteiger partial charge is 0.396 e. The summed E-state index contributed by atoms with van der Waals surface area (Å²) in [5.74, 6) is -1.91. The highest BCUT2D eigenvalue weighted by Gasteiger charge is 2.21. The number of fused-ring (bicyclic) bond motifs is 1. The van der Waals surface area contributed by atoms with Crippen molar-refractivity contribution in [2.24, 2.45) is 7.05 Å². The Hall–Kier alpha value is -2.92. The van der Waals surface area contributed by atoms with E-state index in [0.717, 1.165) is 4.57 Å². The van der Waals surface area contributed by atoms with E-state index >= 15 is 0 Å². The number of anilines is 3. The van der Waals surface area contributed by atoms with E-state index < -0.39 is 28.4 Å². The molecule has 0 atom stereocenters. The van der Waals surface area contributed by atoms with Crippen LogP contribution in [0.25, 0.3) is 11.0 Å². The zero-order valence-corrected chi connectivity index (χ0v) is 16.5. The van der Waals surface area contributed by atoms with Crippen molar-refractivity contribution in [2.75, 3.05) is 22.9 Å². The molecule has 1 aromatic carbocycles. The van der Waals surface area contributed by atoms with Crippen LogP contribution in [0.2, 0.25) is 0 Å². The van der Waals surface area contributed by atoms with Gasteiger partial charge in [0.15, 0.2) is 5.65 Å². The monoisotopic (exact) mass is 423 g/mol. The van der Waals surface area contributed by atoms with Gasteiger partial charge in [0.25, 0.3) is 11.1 Å². The van der Waals surface area contributed by atoms with Gasteiger partial charge in [0, 0.05) is 32.1 Å². The second-order valence-electron chi connectivity index (χ2n) is 6.20. The van der Waals surface area contributed by atoms with Gasteiger partial charge < -0.3 is 15.1 Å². The van der Waals surface area contributed by atoms with E-state index in [4.69, 9.17) is 5.11 Å². The lowest BCUT2D eigenvalue weighted by Crippen LogP contribution is -2.29. The number of aliphatic hydroxyl groups excluding tert-OH is 1. The molecule has 11 heteroatoms. The van der Waals surface area contributed by atoms with Crippen LogP contribution in [0.5, 0.6) is 0 Å². The Morgan fingerprint density at radius 2 is 2.00 bits per heavy atom. The summed E-state index contributed by atoms with van der Waals surface area (Å²) in [6.45, 7) is 0.0183. The molecular weight excluding hydrogens is 404 g/mol. The number of rotatable bonds is 7. The smallest absolute Gasteiger partial charge is 0.290 e. The molecule has 154 valence electrons. The predicted molar refractivity (Wildman–Crippen MR) is 110 cm³/mol. The number of aryl methyl sites for hydroxylation is 2. The van der Waals surface area contributed by atoms with Crippen LogP contribution in [0.1, 0.15) is 6.42 Å². The molecule has 0 saturated carbocycles. The number of nitrogens with one attached hydrogen (secondary N) is 2. The third kappa shape index (κ3) is 3.96. The van der Waals surface area contributed by atoms with E-state index in [1.54, 1.807) is 12.3 Å². The first-order chi connectivity index (χ1) is 13.9. The first kappa shape index (κ1) is 20.8. The number of hydrogen-bond donors (Lipinski definition) is 3. The minimum atomic E-state index is -1.22. The minimum absolute atomic E-state index is 0.0368. The van der Waals surface area contributed by atoms with E-state index in [1.807, 2.05) is 0 Å². The fraction of sp³-hybridized carbons (Fsp3) is 0.278. The molecular formula is C18H19F2N5O3S. The molecule has 2 heterocycles. The van der Waals surface area contributed by atoms with Crippen LogP contribution in [0.4, 0.5) is 25.8 Å². The highest BCUT2D eigenvalue weighted by Crippen LogP contribution is 2.27. The first-order valence-electron chi connectivity index (χ1n) is 8.63. The molecule has 8 nitrogen and oxygen atoms in total. The maximum absolute atomic E-state index is 14.8. The van der Waals surface area contributed by atoms with Crippen molar-refractivity contribution < 1.29 is 13.9 Å². The van der Waals surface area contributed by atoms with Gasteiger partial charge >= 0.3 is 0 Å². The van der Waals surface area contributed by atoms with Gasteiger partial charge in [0.1, 0.15) is 11.2 Å². The van der Waals surface area contributed by atoms with Crippen molar-refractivity contribution in [1.82, 2.24) is 14.1 Å². The zero-order valence-electron chi connectivity index (χ0n) is 15.7. The fourth-order valence-corrected chi connectivity index (χ4v) is 3.23.